The second-order valence-electron chi connectivity index (χ2n) is 0.887. The lowest BCUT2D eigenvalue weighted by Gasteiger charge is -1.76. The van der Waals surface area contributed by atoms with Crippen LogP contribution in [0, 0.1) is 6.92 Å². The van der Waals surface area contributed by atoms with Gasteiger partial charge in [-0.3, -0.25) is 4.55 Å². The zero-order valence-electron chi connectivity index (χ0n) is 3.53. The predicted octanol–water partition coefficient (Wildman–Crippen LogP) is 0.222. The average molecular weight is 121 g/mol. The van der Waals surface area contributed by atoms with E-state index in [-0.39, 0.29) is 0 Å². The van der Waals surface area contributed by atoms with Gasteiger partial charge in [-0.15, -0.1) is 0 Å². The van der Waals surface area contributed by atoms with Gasteiger partial charge in [0.2, 0.25) is 0 Å². The van der Waals surface area contributed by atoms with E-state index in [0.29, 0.717) is 5.41 Å². The Morgan fingerprint density at radius 3 is 2.00 bits per heavy atom. The van der Waals surface area contributed by atoms with Crippen molar-refractivity contribution in [1.82, 2.24) is 0 Å². The molecule has 0 unspecified atom stereocenters. The van der Waals surface area contributed by atoms with Crippen LogP contribution >= 0.6 is 0 Å². The molecule has 0 aromatic rings. The van der Waals surface area contributed by atoms with Crippen LogP contribution in [-0.4, -0.2) is 13.0 Å². The van der Waals surface area contributed by atoms with Gasteiger partial charge in [0.1, 0.15) is 0 Å². The Morgan fingerprint density at radius 2 is 2.00 bits per heavy atom. The summed E-state index contributed by atoms with van der Waals surface area (Å²) < 4.78 is 27.2. The molecular weight excluding hydrogens is 116 g/mol. The summed E-state index contributed by atoms with van der Waals surface area (Å²) in [4.78, 5) is 0. The number of hydrogen-bond acceptors (Lipinski definition) is 2. The maximum atomic E-state index is 9.66. The first-order chi connectivity index (χ1) is 3.06. The third-order valence-electron chi connectivity index (χ3n) is 0.268. The van der Waals surface area contributed by atoms with Crippen molar-refractivity contribution >= 4 is 10.1 Å². The molecule has 0 aliphatic heterocycles. The van der Waals surface area contributed by atoms with E-state index in [1.54, 1.807) is 0 Å². The SMILES string of the molecule is [CH2]C=CS(=O)(=O)O. The van der Waals surface area contributed by atoms with E-state index in [9.17, 15) is 8.42 Å². The first-order valence-electron chi connectivity index (χ1n) is 1.49. The van der Waals surface area contributed by atoms with Crippen molar-refractivity contribution in [2.45, 2.75) is 0 Å². The van der Waals surface area contributed by atoms with Crippen LogP contribution in [0.5, 0.6) is 0 Å². The number of allylic oxidation sites excluding steroid dienone is 1. The van der Waals surface area contributed by atoms with E-state index in [4.69, 9.17) is 4.55 Å². The fourth-order valence-corrected chi connectivity index (χ4v) is 0.365. The van der Waals surface area contributed by atoms with E-state index >= 15 is 0 Å². The summed E-state index contributed by atoms with van der Waals surface area (Å²) in [5.41, 5.74) is 0. The largest absolute Gasteiger partial charge is 0.287 e. The first kappa shape index (κ1) is 6.65. The first-order valence-corrected chi connectivity index (χ1v) is 3.00. The monoisotopic (exact) mass is 121 g/mol. The highest BCUT2D eigenvalue weighted by Gasteiger charge is 1.90. The summed E-state index contributed by atoms with van der Waals surface area (Å²) in [7, 11) is -3.92. The molecule has 0 aromatic carbocycles. The molecule has 0 aromatic heterocycles. The fourth-order valence-electron chi connectivity index (χ4n) is 0.122. The quantitative estimate of drug-likeness (QED) is 0.505. The third-order valence-corrected chi connectivity index (χ3v) is 0.805. The van der Waals surface area contributed by atoms with Crippen LogP contribution < -0.4 is 0 Å². The van der Waals surface area contributed by atoms with Crippen LogP contribution in [-0.2, 0) is 10.1 Å². The van der Waals surface area contributed by atoms with Gasteiger partial charge in [-0.05, 0) is 6.92 Å². The van der Waals surface area contributed by atoms with Gasteiger partial charge in [0.15, 0.2) is 0 Å². The van der Waals surface area contributed by atoms with Gasteiger partial charge in [-0.2, -0.15) is 8.42 Å². The second-order valence-corrected chi connectivity index (χ2v) is 2.19. The second kappa shape index (κ2) is 2.09. The summed E-state index contributed by atoms with van der Waals surface area (Å²) in [6.07, 6.45) is 0.995. The highest BCUT2D eigenvalue weighted by atomic mass is 32.2. The van der Waals surface area contributed by atoms with E-state index in [1.165, 1.54) is 0 Å². The van der Waals surface area contributed by atoms with E-state index in [1.807, 2.05) is 0 Å². The molecule has 0 rings (SSSR count). The third kappa shape index (κ3) is 5.65. The molecule has 0 saturated carbocycles. The molecule has 0 heterocycles. The van der Waals surface area contributed by atoms with Crippen LogP contribution in [0.3, 0.4) is 0 Å². The zero-order chi connectivity index (χ0) is 5.91. The van der Waals surface area contributed by atoms with Crippen molar-refractivity contribution in [2.75, 3.05) is 0 Å². The van der Waals surface area contributed by atoms with E-state index < -0.39 is 10.1 Å². The minimum absolute atomic E-state index is 0.604. The van der Waals surface area contributed by atoms with Gasteiger partial charge in [0.05, 0.1) is 5.41 Å². The van der Waals surface area contributed by atoms with E-state index in [2.05, 4.69) is 6.92 Å². The summed E-state index contributed by atoms with van der Waals surface area (Å²) in [5, 5.41) is 0.604. The smallest absolute Gasteiger partial charge is 0.282 e. The van der Waals surface area contributed by atoms with Gasteiger partial charge in [0.25, 0.3) is 10.1 Å². The molecule has 0 aliphatic carbocycles. The van der Waals surface area contributed by atoms with Crippen molar-refractivity contribution in [1.29, 1.82) is 0 Å². The molecule has 3 nitrogen and oxygen atoms in total. The van der Waals surface area contributed by atoms with Gasteiger partial charge in [-0.25, -0.2) is 0 Å². The highest BCUT2D eigenvalue weighted by Crippen LogP contribution is 1.80. The molecule has 0 bridgehead atoms. The van der Waals surface area contributed by atoms with Gasteiger partial charge < -0.3 is 0 Å². The fraction of sp³-hybridized carbons (Fsp3) is 0. The Morgan fingerprint density at radius 1 is 1.57 bits per heavy atom. The lowest BCUT2D eigenvalue weighted by atomic mass is 10.8. The number of hydrogen-bond donors (Lipinski definition) is 1. The Labute approximate surface area is 42.4 Å². The molecule has 4 heteroatoms. The summed E-state index contributed by atoms with van der Waals surface area (Å²) >= 11 is 0. The Hall–Kier alpha value is -0.350. The average Bonchev–Trinajstić information content (AvgIpc) is 1.30. The van der Waals surface area contributed by atoms with Crippen LogP contribution in [0.15, 0.2) is 11.5 Å². The Kier molecular flexibility index (Phi) is 1.98. The maximum Gasteiger partial charge on any atom is 0.287 e. The highest BCUT2D eigenvalue weighted by molar-refractivity contribution is 7.88. The summed E-state index contributed by atoms with van der Waals surface area (Å²) in [6.45, 7) is 3.05. The van der Waals surface area contributed by atoms with Crippen LogP contribution in [0.1, 0.15) is 0 Å². The van der Waals surface area contributed by atoms with Crippen molar-refractivity contribution < 1.29 is 13.0 Å². The maximum absolute atomic E-state index is 9.66. The predicted molar refractivity (Wildman–Crippen MR) is 26.0 cm³/mol. The Bertz CT molecular complexity index is 153. The van der Waals surface area contributed by atoms with Gasteiger partial charge in [0, 0.05) is 0 Å². The standard InChI is InChI=1S/C3H5O3S/c1-2-3-7(4,5)6/h2-3H,1H2,(H,4,5,6). The summed E-state index contributed by atoms with van der Waals surface area (Å²) in [5.74, 6) is 0. The zero-order valence-corrected chi connectivity index (χ0v) is 4.35. The lowest BCUT2D eigenvalue weighted by molar-refractivity contribution is 0.494. The van der Waals surface area contributed by atoms with Crippen LogP contribution in [0.4, 0.5) is 0 Å². The van der Waals surface area contributed by atoms with Crippen molar-refractivity contribution in [2.24, 2.45) is 0 Å². The van der Waals surface area contributed by atoms with E-state index in [0.717, 1.165) is 6.08 Å². The molecule has 0 atom stereocenters. The van der Waals surface area contributed by atoms with Gasteiger partial charge in [-0.1, -0.05) is 6.08 Å². The lowest BCUT2D eigenvalue weighted by Crippen LogP contribution is -1.87. The van der Waals surface area contributed by atoms with Crippen LogP contribution in [0.2, 0.25) is 0 Å². The molecule has 0 saturated heterocycles. The molecule has 0 spiro atoms. The van der Waals surface area contributed by atoms with Crippen molar-refractivity contribution in [3.05, 3.63) is 18.4 Å². The normalized spacial score (nSPS) is 12.9. The Balaban J connectivity index is 4.13. The number of rotatable bonds is 1. The molecule has 1 N–H and O–H groups in total. The molecular formula is C3H5O3S. The topological polar surface area (TPSA) is 54.4 Å². The molecule has 0 fully saturated rings. The molecule has 0 aliphatic rings. The van der Waals surface area contributed by atoms with Crippen molar-refractivity contribution in [3.8, 4) is 0 Å². The molecule has 1 radical (unpaired) electrons. The molecule has 7 heavy (non-hydrogen) atoms. The van der Waals surface area contributed by atoms with Gasteiger partial charge >= 0.3 is 0 Å². The minimum atomic E-state index is -3.92. The summed E-state index contributed by atoms with van der Waals surface area (Å²) in [6, 6.07) is 0. The minimum Gasteiger partial charge on any atom is -0.282 e. The molecule has 0 amide bonds. The van der Waals surface area contributed by atoms with Crippen molar-refractivity contribution in [3.63, 3.8) is 0 Å². The van der Waals surface area contributed by atoms with Crippen LogP contribution in [0.25, 0.3) is 0 Å². The molecule has 41 valence electrons.